The van der Waals surface area contributed by atoms with Crippen LogP contribution in [-0.2, 0) is 14.3 Å². The molecule has 0 atom stereocenters. The van der Waals surface area contributed by atoms with E-state index in [1.54, 1.807) is 0 Å². The van der Waals surface area contributed by atoms with E-state index in [0.717, 1.165) is 12.8 Å². The molecule has 0 fully saturated rings. The van der Waals surface area contributed by atoms with Gasteiger partial charge in [0.1, 0.15) is 0 Å². The zero-order chi connectivity index (χ0) is 10.1. The first-order valence-corrected chi connectivity index (χ1v) is 4.60. The smallest absolute Gasteiger partial charge is 0.305 e. The third kappa shape index (κ3) is 8.85. The highest BCUT2D eigenvalue weighted by Gasteiger charge is 2.03. The van der Waals surface area contributed by atoms with Crippen LogP contribution in [0.5, 0.6) is 0 Å². The van der Waals surface area contributed by atoms with Crippen molar-refractivity contribution in [3.8, 4) is 0 Å². The van der Waals surface area contributed by atoms with Crippen LogP contribution in [0, 0.1) is 0 Å². The van der Waals surface area contributed by atoms with E-state index in [4.69, 9.17) is 10.5 Å². The summed E-state index contributed by atoms with van der Waals surface area (Å²) in [5.41, 5.74) is 4.91. The monoisotopic (exact) mass is 187 g/mol. The summed E-state index contributed by atoms with van der Waals surface area (Å²) in [5, 5.41) is 0. The molecule has 0 radical (unpaired) electrons. The third-order valence-corrected chi connectivity index (χ3v) is 1.57. The normalized spacial score (nSPS) is 9.62. The predicted octanol–water partition coefficient (Wildman–Crippen LogP) is 0.985. The van der Waals surface area contributed by atoms with Crippen molar-refractivity contribution in [3.05, 3.63) is 0 Å². The van der Waals surface area contributed by atoms with Crippen molar-refractivity contribution >= 4 is 11.9 Å². The molecule has 0 aliphatic carbocycles. The lowest BCUT2D eigenvalue weighted by atomic mass is 10.2. The Bertz CT molecular complexity index is 168. The van der Waals surface area contributed by atoms with E-state index in [-0.39, 0.29) is 24.7 Å². The number of carbonyl (C=O) groups excluding carboxylic acids is 2. The first kappa shape index (κ1) is 11.9. The van der Waals surface area contributed by atoms with E-state index in [0.29, 0.717) is 13.0 Å². The van der Waals surface area contributed by atoms with Crippen molar-refractivity contribution < 1.29 is 14.3 Å². The van der Waals surface area contributed by atoms with Crippen molar-refractivity contribution in [2.24, 2.45) is 5.73 Å². The molecule has 0 spiro atoms. The second-order valence-electron chi connectivity index (χ2n) is 2.89. The molecular formula is C9H17NO3. The van der Waals surface area contributed by atoms with Crippen LogP contribution in [-0.4, -0.2) is 18.5 Å². The molecule has 0 rings (SSSR count). The number of amides is 1. The number of hydrogen-bond donors (Lipinski definition) is 1. The molecule has 0 aliphatic heterocycles. The van der Waals surface area contributed by atoms with E-state index in [1.165, 1.54) is 0 Å². The third-order valence-electron chi connectivity index (χ3n) is 1.57. The Morgan fingerprint density at radius 1 is 1.23 bits per heavy atom. The van der Waals surface area contributed by atoms with Crippen LogP contribution in [0.3, 0.4) is 0 Å². The van der Waals surface area contributed by atoms with Crippen molar-refractivity contribution in [2.45, 2.75) is 39.0 Å². The zero-order valence-electron chi connectivity index (χ0n) is 8.04. The largest absolute Gasteiger partial charge is 0.466 e. The fourth-order valence-electron chi connectivity index (χ4n) is 0.809. The highest BCUT2D eigenvalue weighted by molar-refractivity contribution is 5.75. The number of carbonyl (C=O) groups is 2. The average Bonchev–Trinajstić information content (AvgIpc) is 2.04. The van der Waals surface area contributed by atoms with E-state index in [2.05, 4.69) is 0 Å². The standard InChI is InChI=1S/C9H17NO3/c1-2-3-7-13-9(12)6-4-5-8(10)11/h2-7H2,1H3,(H2,10,11). The number of unbranched alkanes of at least 4 members (excludes halogenated alkanes) is 1. The molecule has 0 heterocycles. The summed E-state index contributed by atoms with van der Waals surface area (Å²) in [7, 11) is 0. The fraction of sp³-hybridized carbons (Fsp3) is 0.778. The van der Waals surface area contributed by atoms with Gasteiger partial charge in [-0.3, -0.25) is 9.59 Å². The minimum Gasteiger partial charge on any atom is -0.466 e. The van der Waals surface area contributed by atoms with Crippen LogP contribution in [0.2, 0.25) is 0 Å². The molecule has 4 heteroatoms. The Kier molecular flexibility index (Phi) is 6.96. The maximum atomic E-state index is 10.9. The number of nitrogens with two attached hydrogens (primary N) is 1. The summed E-state index contributed by atoms with van der Waals surface area (Å²) in [6, 6.07) is 0. The van der Waals surface area contributed by atoms with Gasteiger partial charge >= 0.3 is 5.97 Å². The summed E-state index contributed by atoms with van der Waals surface area (Å²) in [5.74, 6) is -0.615. The molecule has 0 bridgehead atoms. The Morgan fingerprint density at radius 3 is 2.46 bits per heavy atom. The molecule has 4 nitrogen and oxygen atoms in total. The van der Waals surface area contributed by atoms with Crippen LogP contribution in [0.25, 0.3) is 0 Å². The molecule has 0 aromatic heterocycles. The van der Waals surface area contributed by atoms with Crippen molar-refractivity contribution in [2.75, 3.05) is 6.61 Å². The lowest BCUT2D eigenvalue weighted by Crippen LogP contribution is -2.12. The van der Waals surface area contributed by atoms with Gasteiger partial charge < -0.3 is 10.5 Å². The quantitative estimate of drug-likeness (QED) is 0.477. The second-order valence-corrected chi connectivity index (χ2v) is 2.89. The Morgan fingerprint density at radius 2 is 1.92 bits per heavy atom. The molecule has 0 unspecified atom stereocenters. The lowest BCUT2D eigenvalue weighted by Gasteiger charge is -2.02. The zero-order valence-corrected chi connectivity index (χ0v) is 8.04. The number of esters is 1. The minimum absolute atomic E-state index is 0.241. The van der Waals surface area contributed by atoms with E-state index >= 15 is 0 Å². The van der Waals surface area contributed by atoms with Crippen molar-refractivity contribution in [1.29, 1.82) is 0 Å². The molecule has 2 N–H and O–H groups in total. The van der Waals surface area contributed by atoms with Crippen molar-refractivity contribution in [3.63, 3.8) is 0 Å². The average molecular weight is 187 g/mol. The molecule has 0 saturated heterocycles. The molecule has 0 saturated carbocycles. The second kappa shape index (κ2) is 7.58. The van der Waals surface area contributed by atoms with Crippen LogP contribution in [0.4, 0.5) is 0 Å². The van der Waals surface area contributed by atoms with Crippen LogP contribution >= 0.6 is 0 Å². The van der Waals surface area contributed by atoms with Gasteiger partial charge in [-0.2, -0.15) is 0 Å². The minimum atomic E-state index is -0.374. The first-order chi connectivity index (χ1) is 6.16. The van der Waals surface area contributed by atoms with E-state index in [9.17, 15) is 9.59 Å². The van der Waals surface area contributed by atoms with Gasteiger partial charge in [-0.15, -0.1) is 0 Å². The van der Waals surface area contributed by atoms with Gasteiger partial charge in [-0.1, -0.05) is 13.3 Å². The predicted molar refractivity (Wildman–Crippen MR) is 48.9 cm³/mol. The number of primary amides is 1. The van der Waals surface area contributed by atoms with E-state index in [1.807, 2.05) is 6.92 Å². The van der Waals surface area contributed by atoms with Crippen molar-refractivity contribution in [1.82, 2.24) is 0 Å². The van der Waals surface area contributed by atoms with E-state index < -0.39 is 0 Å². The molecule has 1 amide bonds. The van der Waals surface area contributed by atoms with Gasteiger partial charge in [0.15, 0.2) is 0 Å². The Labute approximate surface area is 78.4 Å². The van der Waals surface area contributed by atoms with Gasteiger partial charge in [-0.25, -0.2) is 0 Å². The summed E-state index contributed by atoms with van der Waals surface area (Å²) in [6.07, 6.45) is 2.92. The number of rotatable bonds is 7. The number of hydrogen-bond acceptors (Lipinski definition) is 3. The topological polar surface area (TPSA) is 69.4 Å². The molecule has 76 valence electrons. The summed E-state index contributed by atoms with van der Waals surface area (Å²) in [4.78, 5) is 21.2. The number of ether oxygens (including phenoxy) is 1. The van der Waals surface area contributed by atoms with Gasteiger partial charge in [-0.05, 0) is 12.8 Å². The van der Waals surface area contributed by atoms with Crippen LogP contribution in [0.1, 0.15) is 39.0 Å². The van der Waals surface area contributed by atoms with Gasteiger partial charge in [0.2, 0.25) is 5.91 Å². The molecular weight excluding hydrogens is 170 g/mol. The van der Waals surface area contributed by atoms with Gasteiger partial charge in [0.05, 0.1) is 6.61 Å². The SMILES string of the molecule is CCCCOC(=O)CCCC(N)=O. The lowest BCUT2D eigenvalue weighted by molar-refractivity contribution is -0.143. The van der Waals surface area contributed by atoms with Crippen LogP contribution < -0.4 is 5.73 Å². The van der Waals surface area contributed by atoms with Crippen LogP contribution in [0.15, 0.2) is 0 Å². The summed E-state index contributed by atoms with van der Waals surface area (Å²) in [6.45, 7) is 2.51. The maximum Gasteiger partial charge on any atom is 0.305 e. The molecule has 0 aromatic carbocycles. The maximum absolute atomic E-state index is 10.9. The van der Waals surface area contributed by atoms with Gasteiger partial charge in [0.25, 0.3) is 0 Å². The molecule has 0 aliphatic rings. The highest BCUT2D eigenvalue weighted by atomic mass is 16.5. The summed E-state index contributed by atoms with van der Waals surface area (Å²) < 4.78 is 4.87. The molecule has 0 aromatic rings. The fourth-order valence-corrected chi connectivity index (χ4v) is 0.809. The van der Waals surface area contributed by atoms with Gasteiger partial charge in [0, 0.05) is 12.8 Å². The molecule has 13 heavy (non-hydrogen) atoms. The Hall–Kier alpha value is -1.06. The summed E-state index contributed by atoms with van der Waals surface area (Å²) >= 11 is 0. The highest BCUT2D eigenvalue weighted by Crippen LogP contribution is 1.98. The first-order valence-electron chi connectivity index (χ1n) is 4.60. The Balaban J connectivity index is 3.25.